The number of pyridine rings is 1. The Morgan fingerprint density at radius 3 is 2.86 bits per heavy atom. The molecule has 0 aliphatic rings. The molecule has 1 N–H and O–H groups in total. The molecule has 3 aromatic rings. The van der Waals surface area contributed by atoms with Crippen molar-refractivity contribution in [1.82, 2.24) is 10.3 Å². The Kier molecular flexibility index (Phi) is 4.18. The predicted octanol–water partition coefficient (Wildman–Crippen LogP) is 4.74. The average molecular weight is 297 g/mol. The highest BCUT2D eigenvalue weighted by atomic mass is 35.5. The highest BCUT2D eigenvalue weighted by Gasteiger charge is 2.05. The van der Waals surface area contributed by atoms with Crippen LogP contribution in [0.15, 0.2) is 60.8 Å². The fourth-order valence-corrected chi connectivity index (χ4v) is 2.60. The fraction of sp³-hybridized carbons (Fsp3) is 0.167. The molecule has 0 spiro atoms. The third-order valence-electron chi connectivity index (χ3n) is 3.63. The van der Waals surface area contributed by atoms with Gasteiger partial charge in [0.25, 0.3) is 0 Å². The third-order valence-corrected chi connectivity index (χ3v) is 3.86. The number of fused-ring (bicyclic) bond motifs is 1. The van der Waals surface area contributed by atoms with Gasteiger partial charge < -0.3 is 5.32 Å². The van der Waals surface area contributed by atoms with Crippen LogP contribution in [-0.4, -0.2) is 4.98 Å². The summed E-state index contributed by atoms with van der Waals surface area (Å²) < 4.78 is 0. The van der Waals surface area contributed by atoms with E-state index in [-0.39, 0.29) is 6.04 Å². The van der Waals surface area contributed by atoms with E-state index >= 15 is 0 Å². The molecule has 2 nitrogen and oxygen atoms in total. The van der Waals surface area contributed by atoms with Crippen LogP contribution in [0.3, 0.4) is 0 Å². The summed E-state index contributed by atoms with van der Waals surface area (Å²) in [4.78, 5) is 4.34. The van der Waals surface area contributed by atoms with Crippen molar-refractivity contribution < 1.29 is 0 Å². The number of rotatable bonds is 4. The lowest BCUT2D eigenvalue weighted by Gasteiger charge is -2.15. The normalized spacial score (nSPS) is 12.5. The van der Waals surface area contributed by atoms with Gasteiger partial charge in [0, 0.05) is 29.2 Å². The number of aromatic nitrogens is 1. The van der Waals surface area contributed by atoms with Crippen LogP contribution in [-0.2, 0) is 6.54 Å². The summed E-state index contributed by atoms with van der Waals surface area (Å²) in [5.41, 5.74) is 3.48. The van der Waals surface area contributed by atoms with Crippen LogP contribution in [0, 0.1) is 0 Å². The zero-order chi connectivity index (χ0) is 14.7. The monoisotopic (exact) mass is 296 g/mol. The number of nitrogens with zero attached hydrogens (tertiary/aromatic N) is 1. The van der Waals surface area contributed by atoms with Gasteiger partial charge in [0.15, 0.2) is 0 Å². The highest BCUT2D eigenvalue weighted by molar-refractivity contribution is 6.30. The van der Waals surface area contributed by atoms with Gasteiger partial charge in [0.2, 0.25) is 0 Å². The number of hydrogen-bond acceptors (Lipinski definition) is 2. The van der Waals surface area contributed by atoms with E-state index in [0.717, 1.165) is 17.1 Å². The molecule has 1 aromatic heterocycles. The average Bonchev–Trinajstić information content (AvgIpc) is 2.52. The summed E-state index contributed by atoms with van der Waals surface area (Å²) in [5.74, 6) is 0. The minimum absolute atomic E-state index is 0.258. The Morgan fingerprint density at radius 1 is 1.10 bits per heavy atom. The van der Waals surface area contributed by atoms with Crippen LogP contribution in [0.1, 0.15) is 24.1 Å². The van der Waals surface area contributed by atoms with E-state index in [4.69, 9.17) is 11.6 Å². The maximum absolute atomic E-state index is 6.04. The van der Waals surface area contributed by atoms with Gasteiger partial charge in [-0.15, -0.1) is 0 Å². The SMILES string of the molecule is C[C@H](NCc1ccc2ncccc2c1)c1cccc(Cl)c1. The first-order valence-electron chi connectivity index (χ1n) is 7.05. The number of nitrogens with one attached hydrogen (secondary N) is 1. The smallest absolute Gasteiger partial charge is 0.0702 e. The van der Waals surface area contributed by atoms with E-state index in [0.29, 0.717) is 0 Å². The number of benzene rings is 2. The molecule has 0 fully saturated rings. The lowest BCUT2D eigenvalue weighted by Crippen LogP contribution is -2.18. The number of halogens is 1. The second kappa shape index (κ2) is 6.25. The number of hydrogen-bond donors (Lipinski definition) is 1. The maximum atomic E-state index is 6.04. The summed E-state index contributed by atoms with van der Waals surface area (Å²) >= 11 is 6.04. The summed E-state index contributed by atoms with van der Waals surface area (Å²) in [6.07, 6.45) is 1.82. The molecule has 3 rings (SSSR count). The predicted molar refractivity (Wildman–Crippen MR) is 88.4 cm³/mol. The zero-order valence-electron chi connectivity index (χ0n) is 11.9. The molecule has 0 unspecified atom stereocenters. The van der Waals surface area contributed by atoms with Crippen molar-refractivity contribution in [3.63, 3.8) is 0 Å². The van der Waals surface area contributed by atoms with Gasteiger partial charge in [-0.05, 0) is 48.4 Å². The van der Waals surface area contributed by atoms with Gasteiger partial charge >= 0.3 is 0 Å². The van der Waals surface area contributed by atoms with Crippen LogP contribution in [0.2, 0.25) is 5.02 Å². The van der Waals surface area contributed by atoms with Crippen LogP contribution in [0.25, 0.3) is 10.9 Å². The second-order valence-corrected chi connectivity index (χ2v) is 5.62. The van der Waals surface area contributed by atoms with Crippen molar-refractivity contribution in [3.05, 3.63) is 76.9 Å². The lowest BCUT2D eigenvalue weighted by atomic mass is 10.1. The summed E-state index contributed by atoms with van der Waals surface area (Å²) in [5, 5.41) is 5.48. The molecule has 3 heteroatoms. The Labute approximate surface area is 129 Å². The highest BCUT2D eigenvalue weighted by Crippen LogP contribution is 2.18. The van der Waals surface area contributed by atoms with Crippen LogP contribution in [0.5, 0.6) is 0 Å². The molecule has 0 bridgehead atoms. The molecular weight excluding hydrogens is 280 g/mol. The molecule has 21 heavy (non-hydrogen) atoms. The first-order valence-corrected chi connectivity index (χ1v) is 7.43. The summed E-state index contributed by atoms with van der Waals surface area (Å²) in [6, 6.07) is 18.7. The van der Waals surface area contributed by atoms with E-state index in [1.165, 1.54) is 16.5 Å². The first kappa shape index (κ1) is 14.1. The molecule has 0 saturated heterocycles. The summed E-state index contributed by atoms with van der Waals surface area (Å²) in [6.45, 7) is 2.97. The second-order valence-electron chi connectivity index (χ2n) is 5.19. The van der Waals surface area contributed by atoms with Gasteiger partial charge in [0.05, 0.1) is 5.52 Å². The van der Waals surface area contributed by atoms with Crippen LogP contribution < -0.4 is 5.32 Å². The van der Waals surface area contributed by atoms with E-state index in [9.17, 15) is 0 Å². The molecule has 0 amide bonds. The van der Waals surface area contributed by atoms with Crippen molar-refractivity contribution in [2.45, 2.75) is 19.5 Å². The Hall–Kier alpha value is -1.90. The first-order chi connectivity index (χ1) is 10.2. The van der Waals surface area contributed by atoms with Crippen molar-refractivity contribution in [3.8, 4) is 0 Å². The lowest BCUT2D eigenvalue weighted by molar-refractivity contribution is 0.575. The molecule has 0 aliphatic heterocycles. The maximum Gasteiger partial charge on any atom is 0.0702 e. The van der Waals surface area contributed by atoms with E-state index < -0.39 is 0 Å². The molecule has 0 radical (unpaired) electrons. The van der Waals surface area contributed by atoms with Gasteiger partial charge in [-0.1, -0.05) is 35.9 Å². The largest absolute Gasteiger partial charge is 0.306 e. The quantitative estimate of drug-likeness (QED) is 0.752. The molecule has 2 aromatic carbocycles. The van der Waals surface area contributed by atoms with Gasteiger partial charge in [-0.25, -0.2) is 0 Å². The third kappa shape index (κ3) is 3.41. The minimum Gasteiger partial charge on any atom is -0.306 e. The van der Waals surface area contributed by atoms with Gasteiger partial charge in [0.1, 0.15) is 0 Å². The Balaban J connectivity index is 1.71. The fourth-order valence-electron chi connectivity index (χ4n) is 2.40. The molecule has 1 atom stereocenters. The van der Waals surface area contributed by atoms with E-state index in [1.54, 1.807) is 0 Å². The van der Waals surface area contributed by atoms with Crippen molar-refractivity contribution in [1.29, 1.82) is 0 Å². The summed E-state index contributed by atoms with van der Waals surface area (Å²) in [7, 11) is 0. The van der Waals surface area contributed by atoms with Crippen molar-refractivity contribution in [2.24, 2.45) is 0 Å². The van der Waals surface area contributed by atoms with Gasteiger partial charge in [-0.2, -0.15) is 0 Å². The van der Waals surface area contributed by atoms with Crippen molar-refractivity contribution in [2.75, 3.05) is 0 Å². The molecule has 1 heterocycles. The standard InChI is InChI=1S/C18H17ClN2/c1-13(15-4-2-6-17(19)11-15)21-12-14-7-8-18-16(10-14)5-3-9-20-18/h2-11,13,21H,12H2,1H3/t13-/m0/s1. The Bertz CT molecular complexity index is 755. The van der Waals surface area contributed by atoms with E-state index in [2.05, 4.69) is 47.6 Å². The molecule has 0 aliphatic carbocycles. The minimum atomic E-state index is 0.258. The molecule has 106 valence electrons. The van der Waals surface area contributed by atoms with E-state index in [1.807, 2.05) is 30.5 Å². The molecule has 0 saturated carbocycles. The van der Waals surface area contributed by atoms with Gasteiger partial charge in [-0.3, -0.25) is 4.98 Å². The molecular formula is C18H17ClN2. The Morgan fingerprint density at radius 2 is 2.00 bits per heavy atom. The zero-order valence-corrected chi connectivity index (χ0v) is 12.6. The van der Waals surface area contributed by atoms with Crippen molar-refractivity contribution >= 4 is 22.5 Å². The van der Waals surface area contributed by atoms with Crippen LogP contribution in [0.4, 0.5) is 0 Å². The topological polar surface area (TPSA) is 24.9 Å². The van der Waals surface area contributed by atoms with Crippen LogP contribution >= 0.6 is 11.6 Å².